The van der Waals surface area contributed by atoms with Gasteiger partial charge >= 0.3 is 5.97 Å². The number of ether oxygens (including phenoxy) is 3. The highest BCUT2D eigenvalue weighted by Gasteiger charge is 2.15. The summed E-state index contributed by atoms with van der Waals surface area (Å²) in [5.74, 6) is 2.47. The van der Waals surface area contributed by atoms with Gasteiger partial charge in [0.1, 0.15) is 23.7 Å². The smallest absolute Gasteiger partial charge is 0.306 e. The first-order valence-electron chi connectivity index (χ1n) is 12.5. The minimum absolute atomic E-state index is 0.0345. The summed E-state index contributed by atoms with van der Waals surface area (Å²) in [4.78, 5) is 23.7. The zero-order valence-corrected chi connectivity index (χ0v) is 22.0. The summed E-state index contributed by atoms with van der Waals surface area (Å²) in [6.07, 6.45) is 11.4. The molecule has 0 amide bonds. The van der Waals surface area contributed by atoms with Crippen LogP contribution < -0.4 is 9.47 Å². The Balaban J connectivity index is 2.06. The molecule has 0 fully saturated rings. The van der Waals surface area contributed by atoms with Crippen LogP contribution >= 0.6 is 11.8 Å². The van der Waals surface area contributed by atoms with Gasteiger partial charge in [0.05, 0.1) is 12.4 Å². The molecule has 0 N–H and O–H groups in total. The first-order chi connectivity index (χ1) is 15.8. The van der Waals surface area contributed by atoms with Crippen LogP contribution in [0, 0.1) is 0 Å². The monoisotopic (exact) mass is 480 g/mol. The van der Waals surface area contributed by atoms with Crippen LogP contribution in [-0.2, 0) is 14.3 Å². The van der Waals surface area contributed by atoms with E-state index in [-0.39, 0.29) is 18.4 Å². The van der Waals surface area contributed by atoms with Crippen LogP contribution in [0.15, 0.2) is 24.3 Å². The van der Waals surface area contributed by atoms with Gasteiger partial charge in [0, 0.05) is 6.42 Å². The number of benzene rings is 1. The molecule has 5 nitrogen and oxygen atoms in total. The van der Waals surface area contributed by atoms with Gasteiger partial charge in [-0.2, -0.15) is 11.8 Å². The minimum Gasteiger partial charge on any atom is -0.494 e. The van der Waals surface area contributed by atoms with Crippen molar-refractivity contribution in [3.8, 4) is 11.5 Å². The van der Waals surface area contributed by atoms with Gasteiger partial charge in [0.25, 0.3) is 0 Å². The van der Waals surface area contributed by atoms with Crippen LogP contribution in [-0.4, -0.2) is 42.1 Å². The van der Waals surface area contributed by atoms with Crippen molar-refractivity contribution in [2.75, 3.05) is 24.7 Å². The Morgan fingerprint density at radius 2 is 1.39 bits per heavy atom. The van der Waals surface area contributed by atoms with E-state index in [1.165, 1.54) is 56.7 Å². The molecule has 0 aliphatic rings. The summed E-state index contributed by atoms with van der Waals surface area (Å²) in [6.45, 7) is 8.61. The second-order valence-corrected chi connectivity index (χ2v) is 10.5. The zero-order valence-electron chi connectivity index (χ0n) is 21.2. The third kappa shape index (κ3) is 17.5. The number of Topliss-reactive ketones (excluding diaryl/α,β-unsaturated/α-hetero) is 1. The van der Waals surface area contributed by atoms with E-state index in [1.807, 2.05) is 45.0 Å². The van der Waals surface area contributed by atoms with Crippen molar-refractivity contribution < 1.29 is 23.8 Å². The molecule has 0 spiro atoms. The number of carbonyl (C=O) groups is 2. The Morgan fingerprint density at radius 3 is 2.00 bits per heavy atom. The van der Waals surface area contributed by atoms with E-state index in [0.717, 1.165) is 24.5 Å². The molecule has 0 aliphatic carbocycles. The summed E-state index contributed by atoms with van der Waals surface area (Å²) in [6, 6.07) is 7.45. The number of esters is 1. The molecule has 0 aromatic heterocycles. The lowest BCUT2D eigenvalue weighted by atomic mass is 10.1. The highest BCUT2D eigenvalue weighted by atomic mass is 32.2. The van der Waals surface area contributed by atoms with E-state index in [1.54, 1.807) is 0 Å². The second-order valence-electron chi connectivity index (χ2n) is 9.36. The maximum Gasteiger partial charge on any atom is 0.306 e. The van der Waals surface area contributed by atoms with Crippen molar-refractivity contribution in [1.82, 2.24) is 0 Å². The van der Waals surface area contributed by atoms with E-state index < -0.39 is 5.60 Å². The summed E-state index contributed by atoms with van der Waals surface area (Å²) < 4.78 is 16.6. The molecule has 1 rings (SSSR count). The van der Waals surface area contributed by atoms with Crippen molar-refractivity contribution >= 4 is 23.5 Å². The van der Waals surface area contributed by atoms with E-state index in [9.17, 15) is 9.59 Å². The number of hydrogen-bond donors (Lipinski definition) is 0. The molecule has 0 aliphatic heterocycles. The van der Waals surface area contributed by atoms with Gasteiger partial charge in [-0.25, -0.2) is 0 Å². The average Bonchev–Trinajstić information content (AvgIpc) is 2.76. The Labute approximate surface area is 205 Å². The number of ketones is 1. The summed E-state index contributed by atoms with van der Waals surface area (Å²) in [5.41, 5.74) is -0.449. The van der Waals surface area contributed by atoms with E-state index in [0.29, 0.717) is 24.3 Å². The van der Waals surface area contributed by atoms with Crippen LogP contribution in [0.5, 0.6) is 11.5 Å². The van der Waals surface area contributed by atoms with Crippen LogP contribution in [0.25, 0.3) is 0 Å². The fourth-order valence-corrected chi connectivity index (χ4v) is 3.96. The van der Waals surface area contributed by atoms with Gasteiger partial charge in [-0.1, -0.05) is 51.9 Å². The van der Waals surface area contributed by atoms with Gasteiger partial charge < -0.3 is 14.2 Å². The van der Waals surface area contributed by atoms with Gasteiger partial charge in [0.2, 0.25) is 0 Å². The molecule has 0 saturated carbocycles. The number of thioether (sulfide) groups is 1. The minimum atomic E-state index is -0.449. The lowest BCUT2D eigenvalue weighted by molar-refractivity contribution is -0.154. The standard InChI is InChI=1S/C27H44O5S/c1-5-6-7-8-9-10-11-12-19-30-24-15-17-25(18-16-24)31-21-23(28)22-33-20-13-14-26(29)32-27(2,3)4/h15-18H,5-14,19-22H2,1-4H3. The molecule has 0 bridgehead atoms. The molecule has 0 atom stereocenters. The topological polar surface area (TPSA) is 61.8 Å². The normalized spacial score (nSPS) is 11.3. The molecule has 0 heterocycles. The van der Waals surface area contributed by atoms with E-state index >= 15 is 0 Å². The van der Waals surface area contributed by atoms with Gasteiger partial charge in [-0.15, -0.1) is 0 Å². The Hall–Kier alpha value is -1.69. The summed E-state index contributed by atoms with van der Waals surface area (Å²) >= 11 is 1.52. The molecule has 0 unspecified atom stereocenters. The molecular weight excluding hydrogens is 436 g/mol. The fourth-order valence-electron chi connectivity index (χ4n) is 3.16. The number of hydrogen-bond acceptors (Lipinski definition) is 6. The predicted molar refractivity (Wildman–Crippen MR) is 137 cm³/mol. The van der Waals surface area contributed by atoms with Crippen molar-refractivity contribution in [2.45, 2.75) is 97.5 Å². The van der Waals surface area contributed by atoms with Gasteiger partial charge in [0.15, 0.2) is 5.78 Å². The molecule has 188 valence electrons. The lowest BCUT2D eigenvalue weighted by Gasteiger charge is -2.19. The molecule has 0 saturated heterocycles. The van der Waals surface area contributed by atoms with Crippen molar-refractivity contribution in [2.24, 2.45) is 0 Å². The maximum atomic E-state index is 12.0. The Kier molecular flexibility index (Phi) is 15.8. The maximum absolute atomic E-state index is 12.0. The first-order valence-corrected chi connectivity index (χ1v) is 13.6. The van der Waals surface area contributed by atoms with Gasteiger partial charge in [-0.3, -0.25) is 9.59 Å². The Morgan fingerprint density at radius 1 is 0.818 bits per heavy atom. The summed E-state index contributed by atoms with van der Waals surface area (Å²) in [7, 11) is 0. The first kappa shape index (κ1) is 29.3. The third-order valence-electron chi connectivity index (χ3n) is 4.84. The van der Waals surface area contributed by atoms with Gasteiger partial charge in [-0.05, 0) is 63.6 Å². The van der Waals surface area contributed by atoms with Crippen molar-refractivity contribution in [3.63, 3.8) is 0 Å². The number of rotatable bonds is 19. The molecule has 6 heteroatoms. The van der Waals surface area contributed by atoms with E-state index in [4.69, 9.17) is 14.2 Å². The van der Waals surface area contributed by atoms with E-state index in [2.05, 4.69) is 6.92 Å². The number of carbonyl (C=O) groups excluding carboxylic acids is 2. The van der Waals surface area contributed by atoms with Crippen LogP contribution in [0.3, 0.4) is 0 Å². The summed E-state index contributed by atoms with van der Waals surface area (Å²) in [5, 5.41) is 0. The second kappa shape index (κ2) is 17.7. The van der Waals surface area contributed by atoms with Crippen LogP contribution in [0.2, 0.25) is 0 Å². The molecule has 0 radical (unpaired) electrons. The largest absolute Gasteiger partial charge is 0.494 e. The molecular formula is C27H44O5S. The average molecular weight is 481 g/mol. The highest BCUT2D eigenvalue weighted by Crippen LogP contribution is 2.18. The molecule has 33 heavy (non-hydrogen) atoms. The van der Waals surface area contributed by atoms with Crippen molar-refractivity contribution in [3.05, 3.63) is 24.3 Å². The Bertz CT molecular complexity index is 651. The van der Waals surface area contributed by atoms with Crippen molar-refractivity contribution in [1.29, 1.82) is 0 Å². The SMILES string of the molecule is CCCCCCCCCCOc1ccc(OCC(=O)CSCCCC(=O)OC(C)(C)C)cc1. The number of unbranched alkanes of at least 4 members (excludes halogenated alkanes) is 7. The third-order valence-corrected chi connectivity index (χ3v) is 5.95. The zero-order chi connectivity index (χ0) is 24.4. The quantitative estimate of drug-likeness (QED) is 0.157. The predicted octanol–water partition coefficient (Wildman–Crippen LogP) is 7.01. The fraction of sp³-hybridized carbons (Fsp3) is 0.704. The van der Waals surface area contributed by atoms with Crippen LogP contribution in [0.4, 0.5) is 0 Å². The van der Waals surface area contributed by atoms with Crippen LogP contribution in [0.1, 0.15) is 91.9 Å². The molecule has 1 aromatic carbocycles. The lowest BCUT2D eigenvalue weighted by Crippen LogP contribution is -2.23. The molecule has 1 aromatic rings. The highest BCUT2D eigenvalue weighted by molar-refractivity contribution is 7.99.